The summed E-state index contributed by atoms with van der Waals surface area (Å²) >= 11 is 0. The van der Waals surface area contributed by atoms with Gasteiger partial charge in [-0.05, 0) is 78.4 Å². The van der Waals surface area contributed by atoms with Crippen molar-refractivity contribution in [3.8, 4) is 5.75 Å². The van der Waals surface area contributed by atoms with Crippen molar-refractivity contribution in [1.29, 1.82) is 0 Å². The Kier molecular flexibility index (Phi) is 7.02. The van der Waals surface area contributed by atoms with Crippen LogP contribution in [0.1, 0.15) is 46.4 Å². The van der Waals surface area contributed by atoms with E-state index in [-0.39, 0.29) is 10.8 Å². The monoisotopic (exact) mass is 480 g/mol. The Morgan fingerprint density at radius 1 is 1.09 bits per heavy atom. The van der Waals surface area contributed by atoms with Crippen LogP contribution in [0.2, 0.25) is 0 Å². The molecule has 0 saturated heterocycles. The molecular weight excluding hydrogens is 452 g/mol. The van der Waals surface area contributed by atoms with Crippen LogP contribution >= 0.6 is 0 Å². The van der Waals surface area contributed by atoms with Gasteiger partial charge in [-0.1, -0.05) is 31.2 Å². The Bertz CT molecular complexity index is 1290. The van der Waals surface area contributed by atoms with E-state index in [2.05, 4.69) is 10.0 Å². The number of carbonyl (C=O) groups is 1. The highest BCUT2D eigenvalue weighted by molar-refractivity contribution is 7.89. The predicted octanol–water partition coefficient (Wildman–Crippen LogP) is 3.84. The summed E-state index contributed by atoms with van der Waals surface area (Å²) < 4.78 is 34.0. The van der Waals surface area contributed by atoms with Crippen molar-refractivity contribution in [1.82, 2.24) is 4.72 Å². The van der Waals surface area contributed by atoms with E-state index in [9.17, 15) is 18.3 Å². The second kappa shape index (κ2) is 9.97. The second-order valence-corrected chi connectivity index (χ2v) is 10.0. The molecule has 0 saturated carbocycles. The molecule has 178 valence electrons. The summed E-state index contributed by atoms with van der Waals surface area (Å²) in [6.45, 7) is 2.00. The SMILES string of the molecule is CCc1ccc(S(=O)(=O)NC2c3cc(NC(=O)c4cccc(OC)c4)ccc3CCC2O)cc1. The molecule has 2 unspecified atom stereocenters. The Balaban J connectivity index is 1.59. The van der Waals surface area contributed by atoms with E-state index < -0.39 is 22.2 Å². The lowest BCUT2D eigenvalue weighted by Gasteiger charge is -2.31. The van der Waals surface area contributed by atoms with Gasteiger partial charge in [0, 0.05) is 11.3 Å². The Labute approximate surface area is 199 Å². The molecule has 0 bridgehead atoms. The molecule has 0 radical (unpaired) electrons. The van der Waals surface area contributed by atoms with Crippen LogP contribution in [0.4, 0.5) is 5.69 Å². The predicted molar refractivity (Wildman–Crippen MR) is 131 cm³/mol. The first-order valence-electron chi connectivity index (χ1n) is 11.2. The summed E-state index contributed by atoms with van der Waals surface area (Å²) in [6.07, 6.45) is 0.975. The van der Waals surface area contributed by atoms with E-state index in [1.165, 1.54) is 7.11 Å². The van der Waals surface area contributed by atoms with Gasteiger partial charge >= 0.3 is 0 Å². The largest absolute Gasteiger partial charge is 0.497 e. The minimum Gasteiger partial charge on any atom is -0.497 e. The highest BCUT2D eigenvalue weighted by Gasteiger charge is 2.32. The number of aliphatic hydroxyl groups is 1. The molecule has 0 aromatic heterocycles. The van der Waals surface area contributed by atoms with E-state index >= 15 is 0 Å². The molecule has 3 aromatic rings. The maximum atomic E-state index is 13.1. The number of hydrogen-bond donors (Lipinski definition) is 3. The van der Waals surface area contributed by atoms with Crippen LogP contribution in [-0.2, 0) is 22.9 Å². The van der Waals surface area contributed by atoms with Crippen LogP contribution in [0.15, 0.2) is 71.6 Å². The molecule has 34 heavy (non-hydrogen) atoms. The maximum Gasteiger partial charge on any atom is 0.255 e. The van der Waals surface area contributed by atoms with Gasteiger partial charge < -0.3 is 15.2 Å². The molecule has 8 heteroatoms. The molecule has 1 aliphatic rings. The number of aryl methyl sites for hydroxylation is 2. The number of amides is 1. The number of carbonyl (C=O) groups excluding carboxylic acids is 1. The van der Waals surface area contributed by atoms with Gasteiger partial charge in [0.1, 0.15) is 5.75 Å². The highest BCUT2D eigenvalue weighted by Crippen LogP contribution is 2.33. The topological polar surface area (TPSA) is 105 Å². The van der Waals surface area contributed by atoms with Crippen LogP contribution < -0.4 is 14.8 Å². The van der Waals surface area contributed by atoms with Crippen molar-refractivity contribution in [2.45, 2.75) is 43.2 Å². The number of hydrogen-bond acceptors (Lipinski definition) is 5. The average Bonchev–Trinajstić information content (AvgIpc) is 2.86. The third-order valence-electron chi connectivity index (χ3n) is 6.09. The van der Waals surface area contributed by atoms with Gasteiger partial charge in [0.25, 0.3) is 5.91 Å². The van der Waals surface area contributed by atoms with Crippen LogP contribution in [0.3, 0.4) is 0 Å². The number of anilines is 1. The molecule has 1 aliphatic carbocycles. The Hall–Kier alpha value is -3.20. The number of ether oxygens (including phenoxy) is 1. The lowest BCUT2D eigenvalue weighted by Crippen LogP contribution is -2.39. The minimum absolute atomic E-state index is 0.145. The summed E-state index contributed by atoms with van der Waals surface area (Å²) in [5.74, 6) is 0.256. The van der Waals surface area contributed by atoms with E-state index in [4.69, 9.17) is 4.74 Å². The molecule has 3 N–H and O–H groups in total. The number of sulfonamides is 1. The lowest BCUT2D eigenvalue weighted by atomic mass is 9.86. The normalized spacial score (nSPS) is 17.6. The fraction of sp³-hybridized carbons (Fsp3) is 0.269. The number of aliphatic hydroxyl groups excluding tert-OH is 1. The number of rotatable bonds is 7. The van der Waals surface area contributed by atoms with Crippen LogP contribution in [-0.4, -0.2) is 32.6 Å². The fourth-order valence-electron chi connectivity index (χ4n) is 4.12. The maximum absolute atomic E-state index is 13.1. The first-order valence-corrected chi connectivity index (χ1v) is 12.7. The Morgan fingerprint density at radius 2 is 1.85 bits per heavy atom. The van der Waals surface area contributed by atoms with Crippen molar-refractivity contribution < 1.29 is 23.1 Å². The zero-order valence-corrected chi connectivity index (χ0v) is 19.9. The summed E-state index contributed by atoms with van der Waals surface area (Å²) in [7, 11) is -2.33. The van der Waals surface area contributed by atoms with Gasteiger partial charge in [0.05, 0.1) is 24.2 Å². The molecule has 1 amide bonds. The summed E-state index contributed by atoms with van der Waals surface area (Å²) in [6, 6.07) is 18.1. The van der Waals surface area contributed by atoms with Crippen molar-refractivity contribution in [2.24, 2.45) is 0 Å². The van der Waals surface area contributed by atoms with Gasteiger partial charge in [-0.2, -0.15) is 0 Å². The molecule has 3 aromatic carbocycles. The molecular formula is C26H28N2O5S. The third-order valence-corrected chi connectivity index (χ3v) is 7.55. The standard InChI is InChI=1S/C26H28N2O5S/c1-3-17-7-12-22(13-8-17)34(31,32)28-25-23-16-20(11-9-18(23)10-14-24(25)29)27-26(30)19-5-4-6-21(15-19)33-2/h4-9,11-13,15-16,24-25,28-29H,3,10,14H2,1-2H3,(H,27,30). The van der Waals surface area contributed by atoms with Crippen molar-refractivity contribution in [2.75, 3.05) is 12.4 Å². The van der Waals surface area contributed by atoms with E-state index in [1.54, 1.807) is 60.7 Å². The lowest BCUT2D eigenvalue weighted by molar-refractivity contribution is 0.102. The fourth-order valence-corrected chi connectivity index (χ4v) is 5.37. The molecule has 7 nitrogen and oxygen atoms in total. The average molecular weight is 481 g/mol. The van der Waals surface area contributed by atoms with Gasteiger partial charge in [-0.3, -0.25) is 4.79 Å². The van der Waals surface area contributed by atoms with Crippen molar-refractivity contribution in [3.63, 3.8) is 0 Å². The van der Waals surface area contributed by atoms with Crippen LogP contribution in [0.25, 0.3) is 0 Å². The smallest absolute Gasteiger partial charge is 0.255 e. The van der Waals surface area contributed by atoms with E-state index in [1.807, 2.05) is 13.0 Å². The second-order valence-electron chi connectivity index (χ2n) is 8.30. The van der Waals surface area contributed by atoms with Gasteiger partial charge in [-0.15, -0.1) is 0 Å². The molecule has 4 rings (SSSR count). The molecule has 0 aliphatic heterocycles. The number of nitrogens with one attached hydrogen (secondary N) is 2. The minimum atomic E-state index is -3.86. The van der Waals surface area contributed by atoms with Gasteiger partial charge in [0.2, 0.25) is 10.0 Å². The summed E-state index contributed by atoms with van der Waals surface area (Å²) in [4.78, 5) is 12.9. The summed E-state index contributed by atoms with van der Waals surface area (Å²) in [5.41, 5.74) is 3.56. The zero-order chi connectivity index (χ0) is 24.3. The van der Waals surface area contributed by atoms with Gasteiger partial charge in [-0.25, -0.2) is 13.1 Å². The molecule has 0 fully saturated rings. The quantitative estimate of drug-likeness (QED) is 0.477. The molecule has 0 heterocycles. The van der Waals surface area contributed by atoms with Crippen LogP contribution in [0.5, 0.6) is 5.75 Å². The van der Waals surface area contributed by atoms with Crippen molar-refractivity contribution >= 4 is 21.6 Å². The summed E-state index contributed by atoms with van der Waals surface area (Å²) in [5, 5.41) is 13.5. The zero-order valence-electron chi connectivity index (χ0n) is 19.1. The van der Waals surface area contributed by atoms with E-state index in [0.717, 1.165) is 17.5 Å². The van der Waals surface area contributed by atoms with E-state index in [0.29, 0.717) is 35.4 Å². The highest BCUT2D eigenvalue weighted by atomic mass is 32.2. The Morgan fingerprint density at radius 3 is 2.56 bits per heavy atom. The number of methoxy groups -OCH3 is 1. The number of fused-ring (bicyclic) bond motifs is 1. The molecule has 2 atom stereocenters. The third kappa shape index (κ3) is 5.14. The first-order chi connectivity index (χ1) is 16.3. The van der Waals surface area contributed by atoms with Gasteiger partial charge in [0.15, 0.2) is 0 Å². The molecule has 0 spiro atoms. The first kappa shape index (κ1) is 23.9. The van der Waals surface area contributed by atoms with Crippen LogP contribution in [0, 0.1) is 0 Å². The number of benzene rings is 3. The van der Waals surface area contributed by atoms with Crippen molar-refractivity contribution in [3.05, 3.63) is 89.0 Å².